The Balaban J connectivity index is 1.29. The van der Waals surface area contributed by atoms with Gasteiger partial charge in [0.1, 0.15) is 24.2 Å². The van der Waals surface area contributed by atoms with E-state index in [0.717, 1.165) is 65.4 Å². The minimum Gasteiger partial charge on any atom is -0.508 e. The first-order valence-corrected chi connectivity index (χ1v) is 14.1. The fourth-order valence-electron chi connectivity index (χ4n) is 5.64. The normalized spacial score (nSPS) is 17.8. The number of carbonyl (C=O) groups is 1. The van der Waals surface area contributed by atoms with E-state index in [0.29, 0.717) is 19.1 Å². The molecule has 1 saturated carbocycles. The lowest BCUT2D eigenvalue weighted by Gasteiger charge is -2.23. The number of nitrogens with zero attached hydrogens (tertiary/aromatic N) is 1. The maximum Gasteiger partial charge on any atom is 0.303 e. The predicted molar refractivity (Wildman–Crippen MR) is 152 cm³/mol. The summed E-state index contributed by atoms with van der Waals surface area (Å²) in [6.45, 7) is 4.74. The largest absolute Gasteiger partial charge is 0.508 e. The SMILES string of the molecule is CC(=O)OC(COc1ccc(/C(=C(/c2ccc3c(c2)OCO3)C2CC2)c2ccc(O)cc2)cc1)CN1CCCC1. The molecule has 2 aliphatic heterocycles. The van der Waals surface area contributed by atoms with Crippen molar-refractivity contribution in [1.82, 2.24) is 4.90 Å². The molecule has 208 valence electrons. The van der Waals surface area contributed by atoms with Crippen molar-refractivity contribution in [3.63, 3.8) is 0 Å². The van der Waals surface area contributed by atoms with Crippen LogP contribution in [0.3, 0.4) is 0 Å². The summed E-state index contributed by atoms with van der Waals surface area (Å²) in [6, 6.07) is 21.6. The van der Waals surface area contributed by atoms with E-state index < -0.39 is 0 Å². The van der Waals surface area contributed by atoms with Crippen LogP contribution in [0.1, 0.15) is 49.3 Å². The van der Waals surface area contributed by atoms with E-state index in [-0.39, 0.29) is 24.6 Å². The second-order valence-electron chi connectivity index (χ2n) is 10.8. The molecule has 0 spiro atoms. The molecule has 40 heavy (non-hydrogen) atoms. The van der Waals surface area contributed by atoms with Gasteiger partial charge in [-0.05, 0) is 109 Å². The van der Waals surface area contributed by atoms with Crippen molar-refractivity contribution in [2.75, 3.05) is 33.0 Å². The standard InChI is InChI=1S/C33H35NO6/c1-22(35)40-29(19-34-16-2-3-17-34)20-37-28-13-8-25(9-14-28)32(24-6-11-27(36)12-7-24)33(23-4-5-23)26-10-15-30-31(18-26)39-21-38-30/h6-15,18,23,29,36H,2-5,16-17,19-21H2,1H3/b33-32+. The van der Waals surface area contributed by atoms with Crippen LogP contribution in [0, 0.1) is 5.92 Å². The zero-order valence-electron chi connectivity index (χ0n) is 22.8. The number of hydrogen-bond donors (Lipinski definition) is 1. The summed E-state index contributed by atoms with van der Waals surface area (Å²) in [5.41, 5.74) is 5.59. The number of allylic oxidation sites excluding steroid dienone is 1. The molecule has 1 aliphatic carbocycles. The molecule has 2 heterocycles. The van der Waals surface area contributed by atoms with Crippen LogP contribution < -0.4 is 14.2 Å². The summed E-state index contributed by atoms with van der Waals surface area (Å²) in [4.78, 5) is 14.0. The maximum atomic E-state index is 11.7. The Morgan fingerprint density at radius 1 is 0.925 bits per heavy atom. The van der Waals surface area contributed by atoms with Gasteiger partial charge in [-0.25, -0.2) is 0 Å². The summed E-state index contributed by atoms with van der Waals surface area (Å²) < 4.78 is 22.9. The van der Waals surface area contributed by atoms with Gasteiger partial charge in [-0.3, -0.25) is 9.69 Å². The van der Waals surface area contributed by atoms with Crippen LogP contribution in [-0.2, 0) is 9.53 Å². The summed E-state index contributed by atoms with van der Waals surface area (Å²) in [5.74, 6) is 2.64. The molecule has 0 aromatic heterocycles. The fraction of sp³-hybridized carbons (Fsp3) is 0.364. The molecule has 3 aromatic rings. The molecule has 2 fully saturated rings. The lowest BCUT2D eigenvalue weighted by atomic mass is 9.87. The number of hydrogen-bond acceptors (Lipinski definition) is 7. The minimum atomic E-state index is -0.310. The van der Waals surface area contributed by atoms with Gasteiger partial charge >= 0.3 is 5.97 Å². The number of carbonyl (C=O) groups excluding carboxylic acids is 1. The third kappa shape index (κ3) is 6.10. The molecule has 7 nitrogen and oxygen atoms in total. The van der Waals surface area contributed by atoms with Crippen LogP contribution in [0.2, 0.25) is 0 Å². The van der Waals surface area contributed by atoms with E-state index in [2.05, 4.69) is 29.2 Å². The molecule has 3 aromatic carbocycles. The number of esters is 1. The lowest BCUT2D eigenvalue weighted by Crippen LogP contribution is -2.36. The number of phenols is 1. The van der Waals surface area contributed by atoms with Crippen LogP contribution in [0.15, 0.2) is 66.7 Å². The molecule has 1 N–H and O–H groups in total. The Bertz CT molecular complexity index is 1370. The van der Waals surface area contributed by atoms with Gasteiger partial charge in [0, 0.05) is 13.5 Å². The molecule has 6 rings (SSSR count). The lowest BCUT2D eigenvalue weighted by molar-refractivity contribution is -0.148. The van der Waals surface area contributed by atoms with Crippen molar-refractivity contribution in [3.05, 3.63) is 83.4 Å². The van der Waals surface area contributed by atoms with Crippen molar-refractivity contribution in [1.29, 1.82) is 0 Å². The highest BCUT2D eigenvalue weighted by Gasteiger charge is 2.31. The molecule has 3 aliphatic rings. The van der Waals surface area contributed by atoms with Crippen LogP contribution in [0.25, 0.3) is 11.1 Å². The van der Waals surface area contributed by atoms with Crippen LogP contribution in [-0.4, -0.2) is 55.1 Å². The minimum absolute atomic E-state index is 0.235. The highest BCUT2D eigenvalue weighted by molar-refractivity contribution is 6.00. The Labute approximate surface area is 234 Å². The average molecular weight is 542 g/mol. The Kier molecular flexibility index (Phi) is 7.64. The molecule has 1 unspecified atom stereocenters. The first kappa shape index (κ1) is 26.3. The van der Waals surface area contributed by atoms with Gasteiger partial charge < -0.3 is 24.1 Å². The number of rotatable bonds is 10. The van der Waals surface area contributed by atoms with Crippen molar-refractivity contribution < 1.29 is 28.8 Å². The third-order valence-corrected chi connectivity index (χ3v) is 7.67. The molecule has 1 saturated heterocycles. The zero-order chi connectivity index (χ0) is 27.5. The van der Waals surface area contributed by atoms with Gasteiger partial charge in [0.15, 0.2) is 11.5 Å². The quantitative estimate of drug-likeness (QED) is 0.253. The summed E-state index contributed by atoms with van der Waals surface area (Å²) in [6.07, 6.45) is 4.31. The van der Waals surface area contributed by atoms with Gasteiger partial charge in [-0.1, -0.05) is 30.3 Å². The van der Waals surface area contributed by atoms with Crippen LogP contribution >= 0.6 is 0 Å². The van der Waals surface area contributed by atoms with E-state index in [4.69, 9.17) is 18.9 Å². The average Bonchev–Trinajstić information content (AvgIpc) is 3.44. The van der Waals surface area contributed by atoms with Crippen LogP contribution in [0.5, 0.6) is 23.0 Å². The second kappa shape index (κ2) is 11.6. The maximum absolute atomic E-state index is 11.7. The smallest absolute Gasteiger partial charge is 0.303 e. The van der Waals surface area contributed by atoms with Gasteiger partial charge in [-0.15, -0.1) is 0 Å². The molecular weight excluding hydrogens is 506 g/mol. The van der Waals surface area contributed by atoms with Crippen LogP contribution in [0.4, 0.5) is 0 Å². The van der Waals surface area contributed by atoms with Gasteiger partial charge in [0.25, 0.3) is 0 Å². The zero-order valence-corrected chi connectivity index (χ0v) is 22.8. The van der Waals surface area contributed by atoms with Crippen molar-refractivity contribution >= 4 is 17.1 Å². The first-order valence-electron chi connectivity index (χ1n) is 14.1. The summed E-state index contributed by atoms with van der Waals surface area (Å²) >= 11 is 0. The molecule has 0 bridgehead atoms. The molecule has 1 atom stereocenters. The first-order chi connectivity index (χ1) is 19.5. The molecule has 0 amide bonds. The van der Waals surface area contributed by atoms with E-state index in [1.54, 1.807) is 12.1 Å². The molecular formula is C33H35NO6. The second-order valence-corrected chi connectivity index (χ2v) is 10.8. The van der Waals surface area contributed by atoms with E-state index >= 15 is 0 Å². The highest BCUT2D eigenvalue weighted by atomic mass is 16.7. The predicted octanol–water partition coefficient (Wildman–Crippen LogP) is 5.90. The van der Waals surface area contributed by atoms with Crippen molar-refractivity contribution in [3.8, 4) is 23.0 Å². The number of ether oxygens (including phenoxy) is 4. The summed E-state index contributed by atoms with van der Waals surface area (Å²) in [7, 11) is 0. The van der Waals surface area contributed by atoms with E-state index in [1.165, 1.54) is 25.3 Å². The number of likely N-dealkylation sites (tertiary alicyclic amines) is 1. The van der Waals surface area contributed by atoms with E-state index in [1.807, 2.05) is 30.3 Å². The number of aromatic hydroxyl groups is 1. The number of phenolic OH excluding ortho intramolecular Hbond substituents is 1. The monoisotopic (exact) mass is 541 g/mol. The fourth-order valence-corrected chi connectivity index (χ4v) is 5.64. The topological polar surface area (TPSA) is 77.5 Å². The number of benzene rings is 3. The molecule has 7 heteroatoms. The Morgan fingerprint density at radius 2 is 1.57 bits per heavy atom. The van der Waals surface area contributed by atoms with E-state index in [9.17, 15) is 9.90 Å². The van der Waals surface area contributed by atoms with Gasteiger partial charge in [0.05, 0.1) is 0 Å². The number of fused-ring (bicyclic) bond motifs is 1. The Morgan fingerprint density at radius 3 is 2.25 bits per heavy atom. The van der Waals surface area contributed by atoms with Gasteiger partial charge in [0.2, 0.25) is 6.79 Å². The third-order valence-electron chi connectivity index (χ3n) is 7.67. The van der Waals surface area contributed by atoms with Crippen molar-refractivity contribution in [2.24, 2.45) is 5.92 Å². The summed E-state index contributed by atoms with van der Waals surface area (Å²) in [5, 5.41) is 9.98. The van der Waals surface area contributed by atoms with Gasteiger partial charge in [-0.2, -0.15) is 0 Å². The highest BCUT2D eigenvalue weighted by Crippen LogP contribution is 2.49. The van der Waals surface area contributed by atoms with Crippen molar-refractivity contribution in [2.45, 2.75) is 38.7 Å². The Hall–Kier alpha value is -3.97. The molecule has 0 radical (unpaired) electrons.